The van der Waals surface area contributed by atoms with E-state index in [1.54, 1.807) is 24.3 Å². The predicted molar refractivity (Wildman–Crippen MR) is 87.0 cm³/mol. The number of hydrazine groups is 1. The summed E-state index contributed by atoms with van der Waals surface area (Å²) < 4.78 is 10.2. The van der Waals surface area contributed by atoms with Crippen molar-refractivity contribution in [2.24, 2.45) is 0 Å². The lowest BCUT2D eigenvalue weighted by Gasteiger charge is -2.09. The summed E-state index contributed by atoms with van der Waals surface area (Å²) in [4.78, 5) is 11.8. The molecular weight excluding hydrogens is 292 g/mol. The van der Waals surface area contributed by atoms with Gasteiger partial charge in [0, 0.05) is 12.2 Å². The maximum atomic E-state index is 11.8. The van der Waals surface area contributed by atoms with Crippen LogP contribution in [0.2, 0.25) is 0 Å². The van der Waals surface area contributed by atoms with Crippen LogP contribution < -0.4 is 15.6 Å². The minimum atomic E-state index is -0.508. The van der Waals surface area contributed by atoms with Gasteiger partial charge in [0.15, 0.2) is 0 Å². The zero-order valence-electron chi connectivity index (χ0n) is 12.4. The summed E-state index contributed by atoms with van der Waals surface area (Å²) in [5, 5.41) is 0. The van der Waals surface area contributed by atoms with Crippen LogP contribution in [0, 0.1) is 0 Å². The van der Waals surface area contributed by atoms with Crippen molar-refractivity contribution in [3.63, 3.8) is 0 Å². The van der Waals surface area contributed by atoms with Gasteiger partial charge in [0.25, 0.3) is 0 Å². The average Bonchev–Trinajstić information content (AvgIpc) is 3.12. The number of hydrogen-bond donors (Lipinski definition) is 2. The minimum Gasteiger partial charge on any atom is -0.457 e. The van der Waals surface area contributed by atoms with Crippen LogP contribution in [0.3, 0.4) is 0 Å². The quantitative estimate of drug-likeness (QED) is 0.414. The molecular formula is C18H16N2O3. The molecule has 0 unspecified atom stereocenters. The topological polar surface area (TPSA) is 63.5 Å². The smallest absolute Gasteiger partial charge is 0.379 e. The van der Waals surface area contributed by atoms with Gasteiger partial charge in [-0.3, -0.25) is 0 Å². The van der Waals surface area contributed by atoms with Crippen molar-refractivity contribution in [2.75, 3.05) is 5.43 Å². The average molecular weight is 308 g/mol. The van der Waals surface area contributed by atoms with Crippen LogP contribution in [0.1, 0.15) is 16.1 Å². The SMILES string of the molecule is O=C(Oc1ccc(CNNc2ccccc2)cc1)c1ccco1. The van der Waals surface area contributed by atoms with Gasteiger partial charge in [0.05, 0.1) is 6.26 Å². The Kier molecular flexibility index (Phi) is 4.71. The van der Waals surface area contributed by atoms with Crippen molar-refractivity contribution in [2.45, 2.75) is 6.54 Å². The van der Waals surface area contributed by atoms with Gasteiger partial charge in [-0.2, -0.15) is 0 Å². The fraction of sp³-hybridized carbons (Fsp3) is 0.0556. The first kappa shape index (κ1) is 14.9. The molecule has 5 heteroatoms. The van der Waals surface area contributed by atoms with Crippen LogP contribution in [0.15, 0.2) is 77.4 Å². The number of carbonyl (C=O) groups is 1. The first-order chi connectivity index (χ1) is 11.3. The van der Waals surface area contributed by atoms with Gasteiger partial charge in [0.1, 0.15) is 5.75 Å². The van der Waals surface area contributed by atoms with Gasteiger partial charge in [-0.1, -0.05) is 30.3 Å². The molecule has 116 valence electrons. The minimum absolute atomic E-state index is 0.183. The summed E-state index contributed by atoms with van der Waals surface area (Å²) in [6, 6.07) is 20.3. The van der Waals surface area contributed by atoms with E-state index < -0.39 is 5.97 Å². The molecule has 1 heterocycles. The molecule has 0 saturated carbocycles. The molecule has 2 N–H and O–H groups in total. The second-order valence-corrected chi connectivity index (χ2v) is 4.86. The molecule has 23 heavy (non-hydrogen) atoms. The van der Waals surface area contributed by atoms with E-state index in [4.69, 9.17) is 9.15 Å². The third kappa shape index (κ3) is 4.21. The molecule has 0 fully saturated rings. The summed E-state index contributed by atoms with van der Waals surface area (Å²) in [5.74, 6) is 0.153. The standard InChI is InChI=1S/C18H16N2O3/c21-18(17-7-4-12-22-17)23-16-10-8-14(9-11-16)13-19-20-15-5-2-1-3-6-15/h1-12,19-20H,13H2. The Bertz CT molecular complexity index is 738. The summed E-state index contributed by atoms with van der Waals surface area (Å²) in [6.45, 7) is 0.640. The van der Waals surface area contributed by atoms with Crippen molar-refractivity contribution >= 4 is 11.7 Å². The number of hydrogen-bond acceptors (Lipinski definition) is 5. The number of benzene rings is 2. The van der Waals surface area contributed by atoms with Crippen molar-refractivity contribution < 1.29 is 13.9 Å². The molecule has 0 aliphatic carbocycles. The van der Waals surface area contributed by atoms with Gasteiger partial charge in [-0.05, 0) is 42.0 Å². The lowest BCUT2D eigenvalue weighted by Crippen LogP contribution is -2.20. The summed E-state index contributed by atoms with van der Waals surface area (Å²) in [6.07, 6.45) is 1.44. The number of para-hydroxylation sites is 1. The molecule has 5 nitrogen and oxygen atoms in total. The Morgan fingerprint density at radius 2 is 1.74 bits per heavy atom. The molecule has 0 spiro atoms. The van der Waals surface area contributed by atoms with Crippen LogP contribution in [0.4, 0.5) is 5.69 Å². The molecule has 0 aliphatic heterocycles. The highest BCUT2D eigenvalue weighted by Crippen LogP contribution is 2.14. The Morgan fingerprint density at radius 3 is 2.43 bits per heavy atom. The molecule has 0 amide bonds. The highest BCUT2D eigenvalue weighted by molar-refractivity contribution is 5.88. The third-order valence-corrected chi connectivity index (χ3v) is 3.16. The van der Waals surface area contributed by atoms with E-state index in [1.807, 2.05) is 42.5 Å². The number of ether oxygens (including phenoxy) is 1. The molecule has 0 bridgehead atoms. The second-order valence-electron chi connectivity index (χ2n) is 4.86. The lowest BCUT2D eigenvalue weighted by atomic mass is 10.2. The molecule has 0 aliphatic rings. The van der Waals surface area contributed by atoms with Gasteiger partial charge in [-0.25, -0.2) is 10.2 Å². The number of carbonyl (C=O) groups excluding carboxylic acids is 1. The largest absolute Gasteiger partial charge is 0.457 e. The van der Waals surface area contributed by atoms with Crippen molar-refractivity contribution in [1.82, 2.24) is 5.43 Å². The Hall–Kier alpha value is -3.05. The predicted octanol–water partition coefficient (Wildman–Crippen LogP) is 3.62. The van der Waals surface area contributed by atoms with E-state index in [-0.39, 0.29) is 5.76 Å². The summed E-state index contributed by atoms with van der Waals surface area (Å²) in [7, 11) is 0. The molecule has 0 saturated heterocycles. The van der Waals surface area contributed by atoms with Crippen LogP contribution in [-0.4, -0.2) is 5.97 Å². The Labute approximate surface area is 133 Å². The molecule has 0 radical (unpaired) electrons. The summed E-state index contributed by atoms with van der Waals surface area (Å²) in [5.41, 5.74) is 8.30. The van der Waals surface area contributed by atoms with Crippen LogP contribution in [0.25, 0.3) is 0 Å². The van der Waals surface area contributed by atoms with Crippen LogP contribution >= 0.6 is 0 Å². The van der Waals surface area contributed by atoms with E-state index in [9.17, 15) is 4.79 Å². The lowest BCUT2D eigenvalue weighted by molar-refractivity contribution is 0.0701. The van der Waals surface area contributed by atoms with Gasteiger partial charge in [-0.15, -0.1) is 0 Å². The number of rotatable bonds is 6. The number of furan rings is 1. The van der Waals surface area contributed by atoms with Crippen molar-refractivity contribution in [3.8, 4) is 5.75 Å². The first-order valence-electron chi connectivity index (χ1n) is 7.20. The van der Waals surface area contributed by atoms with E-state index in [0.29, 0.717) is 12.3 Å². The molecule has 0 atom stereocenters. The maximum absolute atomic E-state index is 11.8. The molecule has 1 aromatic heterocycles. The second kappa shape index (κ2) is 7.29. The third-order valence-electron chi connectivity index (χ3n) is 3.16. The maximum Gasteiger partial charge on any atom is 0.379 e. The highest BCUT2D eigenvalue weighted by Gasteiger charge is 2.10. The monoisotopic (exact) mass is 308 g/mol. The van der Waals surface area contributed by atoms with E-state index in [0.717, 1.165) is 11.3 Å². The van der Waals surface area contributed by atoms with E-state index >= 15 is 0 Å². The molecule has 3 rings (SSSR count). The number of anilines is 1. The van der Waals surface area contributed by atoms with E-state index in [2.05, 4.69) is 10.9 Å². The zero-order valence-corrected chi connectivity index (χ0v) is 12.4. The van der Waals surface area contributed by atoms with Crippen LogP contribution in [0.5, 0.6) is 5.75 Å². The number of esters is 1. The van der Waals surface area contributed by atoms with Gasteiger partial charge < -0.3 is 14.6 Å². The van der Waals surface area contributed by atoms with Gasteiger partial charge in [0.2, 0.25) is 5.76 Å². The number of nitrogens with one attached hydrogen (secondary N) is 2. The Balaban J connectivity index is 1.50. The zero-order chi connectivity index (χ0) is 15.9. The van der Waals surface area contributed by atoms with E-state index in [1.165, 1.54) is 6.26 Å². The molecule has 3 aromatic rings. The Morgan fingerprint density at radius 1 is 0.957 bits per heavy atom. The fourth-order valence-electron chi connectivity index (χ4n) is 2.00. The highest BCUT2D eigenvalue weighted by atomic mass is 16.5. The van der Waals surface area contributed by atoms with Crippen LogP contribution in [-0.2, 0) is 6.54 Å². The fourth-order valence-corrected chi connectivity index (χ4v) is 2.00. The van der Waals surface area contributed by atoms with Gasteiger partial charge >= 0.3 is 5.97 Å². The summed E-state index contributed by atoms with van der Waals surface area (Å²) >= 11 is 0. The normalized spacial score (nSPS) is 10.3. The van der Waals surface area contributed by atoms with Crippen molar-refractivity contribution in [1.29, 1.82) is 0 Å². The van der Waals surface area contributed by atoms with Crippen molar-refractivity contribution in [3.05, 3.63) is 84.3 Å². The first-order valence-corrected chi connectivity index (χ1v) is 7.20. The molecule has 2 aromatic carbocycles.